The predicted molar refractivity (Wildman–Crippen MR) is 41.0 cm³/mol. The number of aliphatic hydroxyl groups excluding tert-OH is 1. The van der Waals surface area contributed by atoms with Crippen LogP contribution in [0.2, 0.25) is 0 Å². The lowest BCUT2D eigenvalue weighted by molar-refractivity contribution is 0.247. The van der Waals surface area contributed by atoms with Gasteiger partial charge in [0.05, 0.1) is 18.0 Å². The van der Waals surface area contributed by atoms with E-state index in [0.717, 1.165) is 5.69 Å². The zero-order valence-corrected chi connectivity index (χ0v) is 5.94. The fraction of sp³-hybridized carbons (Fsp3) is 0.286. The highest BCUT2D eigenvalue weighted by Crippen LogP contribution is 2.22. The lowest BCUT2D eigenvalue weighted by atomic mass is 10.2. The molecule has 0 aliphatic carbocycles. The van der Waals surface area contributed by atoms with Gasteiger partial charge >= 0.3 is 0 Å². The number of aliphatic hydroxyl groups is 1. The Kier molecular flexibility index (Phi) is 1.22. The zero-order valence-electron chi connectivity index (χ0n) is 5.94. The van der Waals surface area contributed by atoms with E-state index in [0.29, 0.717) is 12.3 Å². The SMILES string of the molecule is N/N=C1/Cn2cccc2C1O. The van der Waals surface area contributed by atoms with Gasteiger partial charge in [-0.3, -0.25) is 0 Å². The molecule has 58 valence electrons. The molecule has 2 heterocycles. The molecule has 1 aliphatic rings. The molecule has 0 fully saturated rings. The fourth-order valence-corrected chi connectivity index (χ4v) is 1.36. The molecule has 0 amide bonds. The summed E-state index contributed by atoms with van der Waals surface area (Å²) in [5.74, 6) is 5.08. The molecule has 1 unspecified atom stereocenters. The quantitative estimate of drug-likeness (QED) is 0.400. The van der Waals surface area contributed by atoms with E-state index >= 15 is 0 Å². The largest absolute Gasteiger partial charge is 0.381 e. The molecule has 1 aromatic rings. The zero-order chi connectivity index (χ0) is 7.84. The van der Waals surface area contributed by atoms with Crippen molar-refractivity contribution in [3.63, 3.8) is 0 Å². The van der Waals surface area contributed by atoms with Gasteiger partial charge in [0.25, 0.3) is 0 Å². The molecular formula is C7H9N3O. The van der Waals surface area contributed by atoms with E-state index < -0.39 is 6.10 Å². The molecular weight excluding hydrogens is 142 g/mol. The van der Waals surface area contributed by atoms with Gasteiger partial charge in [-0.05, 0) is 12.1 Å². The maximum atomic E-state index is 9.50. The van der Waals surface area contributed by atoms with Gasteiger partial charge in [0.2, 0.25) is 0 Å². The number of aromatic nitrogens is 1. The highest BCUT2D eigenvalue weighted by atomic mass is 16.3. The molecule has 11 heavy (non-hydrogen) atoms. The first-order chi connectivity index (χ1) is 5.33. The van der Waals surface area contributed by atoms with Crippen LogP contribution in [-0.2, 0) is 6.54 Å². The van der Waals surface area contributed by atoms with Crippen molar-refractivity contribution >= 4 is 5.71 Å². The lowest BCUT2D eigenvalue weighted by Gasteiger charge is -1.98. The Labute approximate surface area is 63.9 Å². The average molecular weight is 151 g/mol. The molecule has 0 saturated heterocycles. The van der Waals surface area contributed by atoms with Crippen LogP contribution in [0.25, 0.3) is 0 Å². The lowest BCUT2D eigenvalue weighted by Crippen LogP contribution is -2.08. The van der Waals surface area contributed by atoms with E-state index in [9.17, 15) is 5.11 Å². The maximum Gasteiger partial charge on any atom is 0.135 e. The van der Waals surface area contributed by atoms with Crippen LogP contribution in [0.1, 0.15) is 11.8 Å². The summed E-state index contributed by atoms with van der Waals surface area (Å²) in [4.78, 5) is 0. The number of nitrogens with two attached hydrogens (primary N) is 1. The van der Waals surface area contributed by atoms with E-state index in [4.69, 9.17) is 5.84 Å². The third-order valence-electron chi connectivity index (χ3n) is 1.96. The monoisotopic (exact) mass is 151 g/mol. The van der Waals surface area contributed by atoms with Crippen molar-refractivity contribution in [1.82, 2.24) is 4.57 Å². The highest BCUT2D eigenvalue weighted by molar-refractivity contribution is 5.91. The maximum absolute atomic E-state index is 9.50. The first-order valence-electron chi connectivity index (χ1n) is 3.42. The van der Waals surface area contributed by atoms with Gasteiger partial charge in [-0.15, -0.1) is 0 Å². The van der Waals surface area contributed by atoms with Gasteiger partial charge in [0, 0.05) is 6.20 Å². The van der Waals surface area contributed by atoms with Crippen LogP contribution in [0.4, 0.5) is 0 Å². The van der Waals surface area contributed by atoms with Crippen LogP contribution in [0.15, 0.2) is 23.4 Å². The average Bonchev–Trinajstić information content (AvgIpc) is 2.53. The summed E-state index contributed by atoms with van der Waals surface area (Å²) in [7, 11) is 0. The summed E-state index contributed by atoms with van der Waals surface area (Å²) < 4.78 is 1.93. The van der Waals surface area contributed by atoms with Crippen LogP contribution in [0, 0.1) is 0 Å². The summed E-state index contributed by atoms with van der Waals surface area (Å²) in [5, 5.41) is 13.0. The smallest absolute Gasteiger partial charge is 0.135 e. The van der Waals surface area contributed by atoms with Crippen LogP contribution in [0.5, 0.6) is 0 Å². The van der Waals surface area contributed by atoms with Crippen molar-refractivity contribution in [3.8, 4) is 0 Å². The Hall–Kier alpha value is -1.29. The standard InChI is InChI=1S/C7H9N3O/c8-9-5-4-10-3-1-2-6(10)7(5)11/h1-3,7,11H,4,8H2/b9-5-. The summed E-state index contributed by atoms with van der Waals surface area (Å²) in [6.45, 7) is 0.611. The fourth-order valence-electron chi connectivity index (χ4n) is 1.36. The summed E-state index contributed by atoms with van der Waals surface area (Å²) in [5.41, 5.74) is 1.50. The van der Waals surface area contributed by atoms with Crippen LogP contribution < -0.4 is 5.84 Å². The highest BCUT2D eigenvalue weighted by Gasteiger charge is 2.25. The number of fused-ring (bicyclic) bond motifs is 1. The minimum atomic E-state index is -0.602. The normalized spacial score (nSPS) is 25.9. The van der Waals surface area contributed by atoms with Crippen LogP contribution in [0.3, 0.4) is 0 Å². The molecule has 0 saturated carbocycles. The van der Waals surface area contributed by atoms with E-state index in [-0.39, 0.29) is 0 Å². The third-order valence-corrected chi connectivity index (χ3v) is 1.96. The van der Waals surface area contributed by atoms with Crippen LogP contribution >= 0.6 is 0 Å². The Morgan fingerprint density at radius 2 is 2.55 bits per heavy atom. The van der Waals surface area contributed by atoms with Crippen molar-refractivity contribution in [2.45, 2.75) is 12.6 Å². The molecule has 0 aromatic carbocycles. The topological polar surface area (TPSA) is 63.5 Å². The molecule has 0 spiro atoms. The van der Waals surface area contributed by atoms with Crippen molar-refractivity contribution < 1.29 is 5.11 Å². The van der Waals surface area contributed by atoms with E-state index in [1.54, 1.807) is 0 Å². The Morgan fingerprint density at radius 3 is 3.18 bits per heavy atom. The minimum absolute atomic E-state index is 0.602. The summed E-state index contributed by atoms with van der Waals surface area (Å²) >= 11 is 0. The third kappa shape index (κ3) is 0.760. The van der Waals surface area contributed by atoms with Crippen molar-refractivity contribution in [1.29, 1.82) is 0 Å². The van der Waals surface area contributed by atoms with Gasteiger partial charge in [-0.2, -0.15) is 5.10 Å². The summed E-state index contributed by atoms with van der Waals surface area (Å²) in [6, 6.07) is 3.76. The molecule has 1 atom stereocenters. The second-order valence-electron chi connectivity index (χ2n) is 2.58. The first kappa shape index (κ1) is 6.42. The van der Waals surface area contributed by atoms with Gasteiger partial charge in [0.1, 0.15) is 6.10 Å². The van der Waals surface area contributed by atoms with Crippen LogP contribution in [-0.4, -0.2) is 15.4 Å². The van der Waals surface area contributed by atoms with E-state index in [2.05, 4.69) is 5.10 Å². The molecule has 0 radical (unpaired) electrons. The second kappa shape index (κ2) is 2.10. The molecule has 0 bridgehead atoms. The Balaban J connectivity index is 2.45. The predicted octanol–water partition coefficient (Wildman–Crippen LogP) is -0.150. The molecule has 4 heteroatoms. The van der Waals surface area contributed by atoms with Crippen molar-refractivity contribution in [2.75, 3.05) is 0 Å². The molecule has 2 rings (SSSR count). The number of hydrogen-bond donors (Lipinski definition) is 2. The van der Waals surface area contributed by atoms with Crippen molar-refractivity contribution in [3.05, 3.63) is 24.0 Å². The molecule has 3 N–H and O–H groups in total. The van der Waals surface area contributed by atoms with Crippen molar-refractivity contribution in [2.24, 2.45) is 10.9 Å². The Bertz CT molecular complexity index is 302. The van der Waals surface area contributed by atoms with Gasteiger partial charge in [-0.1, -0.05) is 0 Å². The number of rotatable bonds is 0. The molecule has 1 aromatic heterocycles. The number of nitrogens with zero attached hydrogens (tertiary/aromatic N) is 2. The number of hydrogen-bond acceptors (Lipinski definition) is 3. The first-order valence-corrected chi connectivity index (χ1v) is 3.42. The second-order valence-corrected chi connectivity index (χ2v) is 2.58. The van der Waals surface area contributed by atoms with Gasteiger partial charge < -0.3 is 15.5 Å². The van der Waals surface area contributed by atoms with Gasteiger partial charge in [0.15, 0.2) is 0 Å². The number of hydrazone groups is 1. The summed E-state index contributed by atoms with van der Waals surface area (Å²) in [6.07, 6.45) is 1.30. The van der Waals surface area contributed by atoms with E-state index in [1.165, 1.54) is 0 Å². The Morgan fingerprint density at radius 1 is 1.73 bits per heavy atom. The molecule has 4 nitrogen and oxygen atoms in total. The molecule has 1 aliphatic heterocycles. The minimum Gasteiger partial charge on any atom is -0.381 e. The van der Waals surface area contributed by atoms with E-state index in [1.807, 2.05) is 22.9 Å². The van der Waals surface area contributed by atoms with Gasteiger partial charge in [-0.25, -0.2) is 0 Å².